The fraction of sp³-hybridized carbons (Fsp3) is 1.00. The van der Waals surface area contributed by atoms with E-state index in [0.29, 0.717) is 12.1 Å². The van der Waals surface area contributed by atoms with Gasteiger partial charge in [-0.05, 0) is 20.5 Å². The number of methoxy groups -OCH3 is 1. The summed E-state index contributed by atoms with van der Waals surface area (Å²) in [5, 5.41) is 3.57. The van der Waals surface area contributed by atoms with Crippen LogP contribution in [0.1, 0.15) is 6.42 Å². The summed E-state index contributed by atoms with van der Waals surface area (Å²) in [6.45, 7) is 9.42. The van der Waals surface area contributed by atoms with Crippen LogP contribution in [0.5, 0.6) is 0 Å². The number of ether oxygens (including phenoxy) is 1. The summed E-state index contributed by atoms with van der Waals surface area (Å²) in [5.74, 6) is 0. The van der Waals surface area contributed by atoms with Gasteiger partial charge in [0.2, 0.25) is 0 Å². The lowest BCUT2D eigenvalue weighted by Gasteiger charge is -2.36. The predicted molar refractivity (Wildman–Crippen MR) is 78.6 cm³/mol. The molecule has 5 heteroatoms. The van der Waals surface area contributed by atoms with Gasteiger partial charge >= 0.3 is 0 Å². The van der Waals surface area contributed by atoms with Gasteiger partial charge in [-0.25, -0.2) is 0 Å². The third kappa shape index (κ3) is 5.00. The van der Waals surface area contributed by atoms with Gasteiger partial charge in [-0.3, -0.25) is 9.80 Å². The van der Waals surface area contributed by atoms with Crippen molar-refractivity contribution in [2.75, 3.05) is 73.6 Å². The molecule has 2 saturated heterocycles. The van der Waals surface area contributed by atoms with Crippen LogP contribution in [0.4, 0.5) is 0 Å². The van der Waals surface area contributed by atoms with Crippen LogP contribution in [-0.4, -0.2) is 100 Å². The molecule has 0 saturated carbocycles. The zero-order chi connectivity index (χ0) is 13.7. The maximum atomic E-state index is 5.41. The Kier molecular flexibility index (Phi) is 6.04. The fourth-order valence-corrected chi connectivity index (χ4v) is 2.95. The first kappa shape index (κ1) is 15.2. The van der Waals surface area contributed by atoms with Crippen LogP contribution in [0.3, 0.4) is 0 Å². The molecule has 2 heterocycles. The number of hydrogen-bond acceptors (Lipinski definition) is 5. The summed E-state index contributed by atoms with van der Waals surface area (Å²) < 4.78 is 5.41. The van der Waals surface area contributed by atoms with Gasteiger partial charge < -0.3 is 15.0 Å². The number of rotatable bonds is 6. The molecule has 0 aromatic heterocycles. The van der Waals surface area contributed by atoms with E-state index in [1.807, 2.05) is 7.11 Å². The summed E-state index contributed by atoms with van der Waals surface area (Å²) in [6, 6.07) is 0.623. The summed E-state index contributed by atoms with van der Waals surface area (Å²) in [5.41, 5.74) is 0. The Morgan fingerprint density at radius 2 is 1.84 bits per heavy atom. The van der Waals surface area contributed by atoms with E-state index in [2.05, 4.69) is 34.1 Å². The number of nitrogens with zero attached hydrogens (tertiary/aromatic N) is 3. The summed E-state index contributed by atoms with van der Waals surface area (Å²) in [7, 11) is 6.11. The second-order valence-electron chi connectivity index (χ2n) is 6.14. The molecule has 0 aliphatic carbocycles. The maximum absolute atomic E-state index is 5.41. The van der Waals surface area contributed by atoms with Crippen molar-refractivity contribution in [1.29, 1.82) is 0 Å². The van der Waals surface area contributed by atoms with Crippen molar-refractivity contribution in [3.05, 3.63) is 0 Å². The van der Waals surface area contributed by atoms with Crippen molar-refractivity contribution >= 4 is 0 Å². The molecular weight excluding hydrogens is 240 g/mol. The molecule has 19 heavy (non-hydrogen) atoms. The molecule has 2 rings (SSSR count). The van der Waals surface area contributed by atoms with Crippen LogP contribution >= 0.6 is 0 Å². The molecule has 0 bridgehead atoms. The zero-order valence-corrected chi connectivity index (χ0v) is 12.8. The van der Waals surface area contributed by atoms with Crippen molar-refractivity contribution < 1.29 is 4.74 Å². The summed E-state index contributed by atoms with van der Waals surface area (Å²) in [4.78, 5) is 7.44. The van der Waals surface area contributed by atoms with E-state index in [9.17, 15) is 0 Å². The highest BCUT2D eigenvalue weighted by molar-refractivity contribution is 4.86. The topological polar surface area (TPSA) is 31.0 Å². The quantitative estimate of drug-likeness (QED) is 0.706. The smallest absolute Gasteiger partial charge is 0.0711 e. The van der Waals surface area contributed by atoms with E-state index >= 15 is 0 Å². The Morgan fingerprint density at radius 3 is 2.42 bits per heavy atom. The lowest BCUT2D eigenvalue weighted by Crippen LogP contribution is -2.50. The van der Waals surface area contributed by atoms with Gasteiger partial charge in [0.15, 0.2) is 0 Å². The Labute approximate surface area is 117 Å². The second-order valence-corrected chi connectivity index (χ2v) is 6.14. The highest BCUT2D eigenvalue weighted by atomic mass is 16.5. The van der Waals surface area contributed by atoms with Crippen LogP contribution < -0.4 is 5.32 Å². The lowest BCUT2D eigenvalue weighted by molar-refractivity contribution is 0.105. The first-order valence-electron chi connectivity index (χ1n) is 7.53. The molecule has 0 aromatic carbocycles. The van der Waals surface area contributed by atoms with E-state index in [1.165, 1.54) is 45.8 Å². The maximum Gasteiger partial charge on any atom is 0.0711 e. The normalized spacial score (nSPS) is 30.3. The molecule has 0 aromatic rings. The van der Waals surface area contributed by atoms with Gasteiger partial charge in [0.05, 0.1) is 6.10 Å². The largest absolute Gasteiger partial charge is 0.380 e. The average Bonchev–Trinajstić information content (AvgIpc) is 2.85. The molecule has 2 atom stereocenters. The molecule has 5 nitrogen and oxygen atoms in total. The molecule has 2 fully saturated rings. The molecule has 0 spiro atoms. The molecule has 0 amide bonds. The van der Waals surface area contributed by atoms with E-state index in [1.54, 1.807) is 0 Å². The van der Waals surface area contributed by atoms with Crippen molar-refractivity contribution in [1.82, 2.24) is 20.0 Å². The Balaban J connectivity index is 1.61. The van der Waals surface area contributed by atoms with Crippen molar-refractivity contribution in [3.63, 3.8) is 0 Å². The van der Waals surface area contributed by atoms with Crippen molar-refractivity contribution in [3.8, 4) is 0 Å². The lowest BCUT2D eigenvalue weighted by atomic mass is 10.2. The standard InChI is InChI=1S/C14H30N4O/c1-16(2)4-5-17-6-8-18(9-7-17)12-13-10-14(19-3)11-15-13/h13-15H,4-12H2,1-3H3. The minimum atomic E-state index is 0.423. The number of nitrogens with one attached hydrogen (secondary N) is 1. The van der Waals surface area contributed by atoms with Crippen molar-refractivity contribution in [2.45, 2.75) is 18.6 Å². The van der Waals surface area contributed by atoms with Gasteiger partial charge in [0.25, 0.3) is 0 Å². The van der Waals surface area contributed by atoms with Gasteiger partial charge in [0.1, 0.15) is 0 Å². The van der Waals surface area contributed by atoms with E-state index < -0.39 is 0 Å². The van der Waals surface area contributed by atoms with Crippen molar-refractivity contribution in [2.24, 2.45) is 0 Å². The molecule has 2 unspecified atom stereocenters. The average molecular weight is 270 g/mol. The monoisotopic (exact) mass is 270 g/mol. The highest BCUT2D eigenvalue weighted by Gasteiger charge is 2.26. The Morgan fingerprint density at radius 1 is 1.16 bits per heavy atom. The van der Waals surface area contributed by atoms with E-state index in [4.69, 9.17) is 4.74 Å². The number of hydrogen-bond donors (Lipinski definition) is 1. The molecule has 112 valence electrons. The SMILES string of the molecule is COC1CNC(CN2CCN(CCN(C)C)CC2)C1. The number of likely N-dealkylation sites (N-methyl/N-ethyl adjacent to an activating group) is 1. The number of piperazine rings is 1. The molecular formula is C14H30N4O. The van der Waals surface area contributed by atoms with Crippen LogP contribution in [0.2, 0.25) is 0 Å². The van der Waals surface area contributed by atoms with Crippen LogP contribution in [0.25, 0.3) is 0 Å². The third-order valence-corrected chi connectivity index (χ3v) is 4.32. The second kappa shape index (κ2) is 7.55. The highest BCUT2D eigenvalue weighted by Crippen LogP contribution is 2.12. The Bertz CT molecular complexity index is 254. The van der Waals surface area contributed by atoms with E-state index in [-0.39, 0.29) is 0 Å². The summed E-state index contributed by atoms with van der Waals surface area (Å²) in [6.07, 6.45) is 1.59. The van der Waals surface area contributed by atoms with Crippen LogP contribution in [0, 0.1) is 0 Å². The zero-order valence-electron chi connectivity index (χ0n) is 12.8. The van der Waals surface area contributed by atoms with Gasteiger partial charge in [-0.1, -0.05) is 0 Å². The molecule has 1 N–H and O–H groups in total. The van der Waals surface area contributed by atoms with Gasteiger partial charge in [-0.15, -0.1) is 0 Å². The first-order valence-corrected chi connectivity index (χ1v) is 7.53. The fourth-order valence-electron chi connectivity index (χ4n) is 2.95. The van der Waals surface area contributed by atoms with Crippen LogP contribution in [0.15, 0.2) is 0 Å². The Hall–Kier alpha value is -0.200. The molecule has 2 aliphatic rings. The molecule has 2 aliphatic heterocycles. The van der Waals surface area contributed by atoms with E-state index in [0.717, 1.165) is 13.0 Å². The predicted octanol–water partition coefficient (Wildman–Crippen LogP) is -0.457. The molecule has 0 radical (unpaired) electrons. The third-order valence-electron chi connectivity index (χ3n) is 4.32. The minimum absolute atomic E-state index is 0.423. The minimum Gasteiger partial charge on any atom is -0.380 e. The summed E-state index contributed by atoms with van der Waals surface area (Å²) >= 11 is 0. The van der Waals surface area contributed by atoms with Gasteiger partial charge in [-0.2, -0.15) is 0 Å². The van der Waals surface area contributed by atoms with Gasteiger partial charge in [0, 0.05) is 65.5 Å². The van der Waals surface area contributed by atoms with Crippen LogP contribution in [-0.2, 0) is 4.74 Å². The first-order chi connectivity index (χ1) is 9.17.